The summed E-state index contributed by atoms with van der Waals surface area (Å²) in [6, 6.07) is 5.45. The standard InChI is InChI=1S/C27H30N2O8/c1-11-12-6-7-13(26(2,3)8-4-5-9-28)20(31)17(12)22(33)19-16(11)21(32)14-10-15(30)18(25(29)36)23(34)27(14,37)24(19)35/h6-7,11,14,16,21,30-32,35,37H,4-5,8,10H2,1-3H3,(H2,29,36)/t11-,14+,16+,21+,27+/m0/s1. The van der Waals surface area contributed by atoms with Crippen LogP contribution in [0.2, 0.25) is 0 Å². The van der Waals surface area contributed by atoms with Crippen molar-refractivity contribution in [2.45, 2.75) is 69.5 Å². The normalized spacial score (nSPS) is 29.4. The number of ketones is 2. The number of aliphatic hydroxyl groups excluding tert-OH is 3. The molecule has 3 aliphatic rings. The average Bonchev–Trinajstić information content (AvgIpc) is 2.81. The Morgan fingerprint density at radius 1 is 1.24 bits per heavy atom. The number of aromatic hydroxyl groups is 1. The van der Waals surface area contributed by atoms with Crippen LogP contribution in [-0.2, 0) is 15.0 Å². The number of primary amides is 1. The lowest BCUT2D eigenvalue weighted by molar-refractivity contribution is -0.154. The van der Waals surface area contributed by atoms with Crippen molar-refractivity contribution in [3.05, 3.63) is 51.5 Å². The fraction of sp³-hybridized carbons (Fsp3) is 0.481. The number of allylic oxidation sites excluding steroid dienone is 1. The first-order valence-corrected chi connectivity index (χ1v) is 12.1. The second kappa shape index (κ2) is 8.71. The van der Waals surface area contributed by atoms with Crippen molar-refractivity contribution >= 4 is 17.5 Å². The number of hydrogen-bond acceptors (Lipinski definition) is 9. The number of aliphatic hydroxyl groups is 4. The van der Waals surface area contributed by atoms with Gasteiger partial charge in [-0.1, -0.05) is 32.9 Å². The molecule has 0 saturated carbocycles. The summed E-state index contributed by atoms with van der Waals surface area (Å²) in [4.78, 5) is 38.7. The Morgan fingerprint density at radius 2 is 1.89 bits per heavy atom. The Bertz CT molecular complexity index is 1330. The summed E-state index contributed by atoms with van der Waals surface area (Å²) in [7, 11) is 0. The molecule has 4 rings (SSSR count). The molecule has 0 unspecified atom stereocenters. The molecule has 7 N–H and O–H groups in total. The molecule has 0 saturated heterocycles. The molecule has 1 aromatic carbocycles. The molecule has 0 spiro atoms. The highest BCUT2D eigenvalue weighted by Gasteiger charge is 2.64. The van der Waals surface area contributed by atoms with Crippen LogP contribution in [0.25, 0.3) is 0 Å². The summed E-state index contributed by atoms with van der Waals surface area (Å²) in [6.45, 7) is 5.42. The molecule has 3 aliphatic carbocycles. The monoisotopic (exact) mass is 510 g/mol. The number of nitriles is 1. The number of rotatable bonds is 5. The van der Waals surface area contributed by atoms with Gasteiger partial charge in [0.15, 0.2) is 11.4 Å². The molecule has 0 heterocycles. The van der Waals surface area contributed by atoms with E-state index in [9.17, 15) is 39.9 Å². The number of phenolic OH excluding ortho intramolecular Hbond substituents is 1. The molecule has 0 aliphatic heterocycles. The van der Waals surface area contributed by atoms with Gasteiger partial charge in [0.1, 0.15) is 22.8 Å². The minimum absolute atomic E-state index is 0.109. The van der Waals surface area contributed by atoms with Crippen molar-refractivity contribution in [2.75, 3.05) is 0 Å². The average molecular weight is 511 g/mol. The summed E-state index contributed by atoms with van der Waals surface area (Å²) < 4.78 is 0. The molecule has 10 heteroatoms. The minimum Gasteiger partial charge on any atom is -0.511 e. The summed E-state index contributed by atoms with van der Waals surface area (Å²) in [5, 5.41) is 64.3. The van der Waals surface area contributed by atoms with Crippen molar-refractivity contribution < 1.29 is 39.9 Å². The number of Topliss-reactive ketones (excluding diaryl/α,β-unsaturated/α-hetero) is 2. The second-order valence-corrected chi connectivity index (χ2v) is 10.8. The van der Waals surface area contributed by atoms with Crippen LogP contribution in [0.4, 0.5) is 0 Å². The molecule has 196 valence electrons. The van der Waals surface area contributed by atoms with Crippen LogP contribution in [-0.4, -0.2) is 54.7 Å². The zero-order chi connectivity index (χ0) is 27.6. The Labute approximate surface area is 213 Å². The second-order valence-electron chi connectivity index (χ2n) is 10.8. The summed E-state index contributed by atoms with van der Waals surface area (Å²) in [5.74, 6) is -8.77. The van der Waals surface area contributed by atoms with Gasteiger partial charge < -0.3 is 31.3 Å². The Balaban J connectivity index is 1.90. The van der Waals surface area contributed by atoms with Gasteiger partial charge in [0.2, 0.25) is 5.78 Å². The lowest BCUT2D eigenvalue weighted by atomic mass is 9.56. The number of phenols is 1. The van der Waals surface area contributed by atoms with Gasteiger partial charge in [-0.25, -0.2) is 0 Å². The van der Waals surface area contributed by atoms with Crippen LogP contribution in [0.1, 0.15) is 73.9 Å². The first-order valence-electron chi connectivity index (χ1n) is 12.1. The van der Waals surface area contributed by atoms with Gasteiger partial charge in [-0.05, 0) is 29.7 Å². The van der Waals surface area contributed by atoms with E-state index in [4.69, 9.17) is 11.0 Å². The van der Waals surface area contributed by atoms with Crippen LogP contribution >= 0.6 is 0 Å². The molecule has 5 atom stereocenters. The van der Waals surface area contributed by atoms with Gasteiger partial charge in [-0.3, -0.25) is 14.4 Å². The molecule has 1 amide bonds. The zero-order valence-corrected chi connectivity index (χ0v) is 20.8. The number of hydrogen-bond donors (Lipinski definition) is 6. The lowest BCUT2D eigenvalue weighted by Crippen LogP contribution is -2.62. The number of nitrogens with two attached hydrogens (primary N) is 1. The number of benzene rings is 1. The van der Waals surface area contributed by atoms with E-state index in [1.54, 1.807) is 19.1 Å². The van der Waals surface area contributed by atoms with E-state index < -0.39 is 81.4 Å². The highest BCUT2D eigenvalue weighted by molar-refractivity contribution is 6.24. The highest BCUT2D eigenvalue weighted by atomic mass is 16.4. The van der Waals surface area contributed by atoms with Gasteiger partial charge in [-0.2, -0.15) is 5.26 Å². The third-order valence-electron chi connectivity index (χ3n) is 8.32. The molecule has 0 fully saturated rings. The number of nitrogens with zero attached hydrogens (tertiary/aromatic N) is 1. The Hall–Kier alpha value is -3.68. The quantitative estimate of drug-likeness (QED) is 0.253. The fourth-order valence-corrected chi connectivity index (χ4v) is 6.29. The summed E-state index contributed by atoms with van der Waals surface area (Å²) in [5.41, 5.74) is 1.16. The van der Waals surface area contributed by atoms with E-state index in [-0.39, 0.29) is 11.3 Å². The minimum atomic E-state index is -2.86. The van der Waals surface area contributed by atoms with Crippen LogP contribution in [0.15, 0.2) is 34.8 Å². The van der Waals surface area contributed by atoms with Crippen LogP contribution < -0.4 is 5.73 Å². The third-order valence-corrected chi connectivity index (χ3v) is 8.32. The van der Waals surface area contributed by atoms with Crippen molar-refractivity contribution in [1.82, 2.24) is 0 Å². The molecular formula is C27H30N2O8. The molecule has 0 radical (unpaired) electrons. The van der Waals surface area contributed by atoms with E-state index in [2.05, 4.69) is 6.07 Å². The van der Waals surface area contributed by atoms with Crippen LogP contribution in [0.3, 0.4) is 0 Å². The van der Waals surface area contributed by atoms with E-state index in [1.807, 2.05) is 13.8 Å². The Kier molecular flexibility index (Phi) is 6.21. The van der Waals surface area contributed by atoms with Crippen molar-refractivity contribution in [3.63, 3.8) is 0 Å². The predicted molar refractivity (Wildman–Crippen MR) is 129 cm³/mol. The predicted octanol–water partition coefficient (Wildman–Crippen LogP) is 2.08. The van der Waals surface area contributed by atoms with E-state index in [0.717, 1.165) is 0 Å². The maximum Gasteiger partial charge on any atom is 0.255 e. The van der Waals surface area contributed by atoms with Gasteiger partial charge in [-0.15, -0.1) is 0 Å². The van der Waals surface area contributed by atoms with Gasteiger partial charge >= 0.3 is 0 Å². The number of unbranched alkanes of at least 4 members (excludes halogenated alkanes) is 1. The molecular weight excluding hydrogens is 480 g/mol. The number of fused-ring (bicyclic) bond motifs is 3. The van der Waals surface area contributed by atoms with Gasteiger partial charge in [0, 0.05) is 35.8 Å². The number of carbonyl (C=O) groups is 3. The molecule has 37 heavy (non-hydrogen) atoms. The lowest BCUT2D eigenvalue weighted by Gasteiger charge is -2.50. The van der Waals surface area contributed by atoms with Gasteiger partial charge in [0.25, 0.3) is 5.91 Å². The molecule has 1 aromatic rings. The maximum atomic E-state index is 13.8. The summed E-state index contributed by atoms with van der Waals surface area (Å²) in [6.07, 6.45) is -0.634. The molecule has 0 aromatic heterocycles. The third kappa shape index (κ3) is 3.56. The van der Waals surface area contributed by atoms with Crippen molar-refractivity contribution in [3.8, 4) is 11.8 Å². The van der Waals surface area contributed by atoms with Gasteiger partial charge in [0.05, 0.1) is 17.7 Å². The van der Waals surface area contributed by atoms with Crippen molar-refractivity contribution in [2.24, 2.45) is 17.6 Å². The molecule has 0 bridgehead atoms. The highest BCUT2D eigenvalue weighted by Crippen LogP contribution is 2.55. The zero-order valence-electron chi connectivity index (χ0n) is 20.8. The SMILES string of the molecule is C[C@H]1c2ccc(C(C)(C)CCCC#N)c(O)c2C(=O)C2=C(O)[C@]3(O)C(=O)C(C(N)=O)=C(O)C[C@@H]3[C@@H](O)[C@@H]21. The van der Waals surface area contributed by atoms with Crippen molar-refractivity contribution in [1.29, 1.82) is 5.26 Å². The first-order chi connectivity index (χ1) is 17.2. The van der Waals surface area contributed by atoms with E-state index in [1.165, 1.54) is 0 Å². The van der Waals surface area contributed by atoms with Crippen LogP contribution in [0, 0.1) is 23.2 Å². The van der Waals surface area contributed by atoms with E-state index in [0.29, 0.717) is 30.4 Å². The Morgan fingerprint density at radius 3 is 2.49 bits per heavy atom. The maximum absolute atomic E-state index is 13.8. The number of carbonyl (C=O) groups excluding carboxylic acids is 3. The number of amides is 1. The molecule has 10 nitrogen and oxygen atoms in total. The fourth-order valence-electron chi connectivity index (χ4n) is 6.29. The largest absolute Gasteiger partial charge is 0.511 e. The topological polar surface area (TPSA) is 202 Å². The van der Waals surface area contributed by atoms with Crippen LogP contribution in [0.5, 0.6) is 5.75 Å². The first kappa shape index (κ1) is 26.4. The summed E-state index contributed by atoms with van der Waals surface area (Å²) >= 11 is 0. The smallest absolute Gasteiger partial charge is 0.255 e. The van der Waals surface area contributed by atoms with E-state index >= 15 is 0 Å².